The largest absolute Gasteiger partial charge is 0.341 e. The standard InChI is InChI=1S/C12H12N2O2S/c1-2-8-14-11(15)13(12(16)17-14)9-10-6-4-3-5-7-10/h2-7H,1,8-9H2. The first kappa shape index (κ1) is 11.6. The summed E-state index contributed by atoms with van der Waals surface area (Å²) < 4.78 is 2.64. The van der Waals surface area contributed by atoms with Crippen LogP contribution in [0.1, 0.15) is 5.56 Å². The van der Waals surface area contributed by atoms with Crippen molar-refractivity contribution in [2.75, 3.05) is 0 Å². The molecule has 1 heterocycles. The van der Waals surface area contributed by atoms with Crippen molar-refractivity contribution in [1.29, 1.82) is 0 Å². The van der Waals surface area contributed by atoms with Gasteiger partial charge >= 0.3 is 10.6 Å². The lowest BCUT2D eigenvalue weighted by molar-refractivity contribution is 0.690. The van der Waals surface area contributed by atoms with Crippen LogP contribution in [0, 0.1) is 0 Å². The predicted molar refractivity (Wildman–Crippen MR) is 68.6 cm³/mol. The Bertz CT molecular complexity index is 622. The van der Waals surface area contributed by atoms with Crippen LogP contribution in [-0.2, 0) is 13.1 Å². The molecule has 1 aromatic carbocycles. The number of hydrogen-bond acceptors (Lipinski definition) is 3. The molecule has 0 unspecified atom stereocenters. The minimum absolute atomic E-state index is 0.235. The van der Waals surface area contributed by atoms with Gasteiger partial charge in [0.1, 0.15) is 0 Å². The molecule has 0 saturated carbocycles. The van der Waals surface area contributed by atoms with Gasteiger partial charge in [-0.05, 0) is 5.56 Å². The van der Waals surface area contributed by atoms with E-state index in [1.54, 1.807) is 6.08 Å². The number of allylic oxidation sites excluding steroid dienone is 1. The van der Waals surface area contributed by atoms with Crippen LogP contribution in [0.4, 0.5) is 0 Å². The lowest BCUT2D eigenvalue weighted by Crippen LogP contribution is -2.29. The molecule has 0 aliphatic rings. The highest BCUT2D eigenvalue weighted by atomic mass is 32.1. The molecule has 4 nitrogen and oxygen atoms in total. The molecule has 0 saturated heterocycles. The van der Waals surface area contributed by atoms with E-state index >= 15 is 0 Å². The Kier molecular flexibility index (Phi) is 3.39. The minimum atomic E-state index is -0.274. The van der Waals surface area contributed by atoms with Gasteiger partial charge in [-0.1, -0.05) is 36.4 Å². The second kappa shape index (κ2) is 4.97. The van der Waals surface area contributed by atoms with Gasteiger partial charge in [-0.25, -0.2) is 13.3 Å². The number of rotatable bonds is 4. The first-order chi connectivity index (χ1) is 8.22. The third-order valence-corrected chi connectivity index (χ3v) is 3.23. The van der Waals surface area contributed by atoms with E-state index in [0.29, 0.717) is 13.1 Å². The molecular weight excluding hydrogens is 236 g/mol. The van der Waals surface area contributed by atoms with E-state index in [1.165, 1.54) is 8.52 Å². The van der Waals surface area contributed by atoms with Crippen molar-refractivity contribution >= 4 is 11.5 Å². The second-order valence-electron chi connectivity index (χ2n) is 3.56. The Morgan fingerprint density at radius 2 is 1.94 bits per heavy atom. The molecule has 0 fully saturated rings. The van der Waals surface area contributed by atoms with Crippen molar-refractivity contribution in [3.05, 3.63) is 68.7 Å². The van der Waals surface area contributed by atoms with Gasteiger partial charge < -0.3 is 0 Å². The third kappa shape index (κ3) is 2.45. The summed E-state index contributed by atoms with van der Waals surface area (Å²) in [6, 6.07) is 9.45. The average Bonchev–Trinajstić information content (AvgIpc) is 2.59. The quantitative estimate of drug-likeness (QED) is 0.766. The van der Waals surface area contributed by atoms with Crippen LogP contribution in [0.25, 0.3) is 0 Å². The molecule has 1 aromatic heterocycles. The van der Waals surface area contributed by atoms with Crippen molar-refractivity contribution in [1.82, 2.24) is 8.52 Å². The van der Waals surface area contributed by atoms with E-state index < -0.39 is 0 Å². The predicted octanol–water partition coefficient (Wildman–Crippen LogP) is 1.31. The molecule has 88 valence electrons. The van der Waals surface area contributed by atoms with Crippen molar-refractivity contribution < 1.29 is 0 Å². The summed E-state index contributed by atoms with van der Waals surface area (Å²) in [5.41, 5.74) is 0.666. The zero-order chi connectivity index (χ0) is 12.3. The van der Waals surface area contributed by atoms with Crippen LogP contribution in [0.2, 0.25) is 0 Å². The molecule has 2 rings (SSSR count). The minimum Gasteiger partial charge on any atom is -0.255 e. The van der Waals surface area contributed by atoms with Gasteiger partial charge in [0.05, 0.1) is 13.1 Å². The van der Waals surface area contributed by atoms with E-state index in [0.717, 1.165) is 17.1 Å². The molecule has 0 atom stereocenters. The molecule has 2 aromatic rings. The fourth-order valence-corrected chi connectivity index (χ4v) is 2.31. The van der Waals surface area contributed by atoms with Gasteiger partial charge in [0.15, 0.2) is 0 Å². The van der Waals surface area contributed by atoms with Gasteiger partial charge in [0.2, 0.25) is 0 Å². The van der Waals surface area contributed by atoms with E-state index in [-0.39, 0.29) is 10.6 Å². The first-order valence-electron chi connectivity index (χ1n) is 5.18. The van der Waals surface area contributed by atoms with E-state index in [1.807, 2.05) is 30.3 Å². The molecule has 0 radical (unpaired) electrons. The molecule has 0 N–H and O–H groups in total. The lowest BCUT2D eigenvalue weighted by atomic mass is 10.2. The fraction of sp³-hybridized carbons (Fsp3) is 0.167. The van der Waals surface area contributed by atoms with Crippen molar-refractivity contribution in [2.24, 2.45) is 0 Å². The van der Waals surface area contributed by atoms with Gasteiger partial charge in [-0.2, -0.15) is 0 Å². The maximum absolute atomic E-state index is 11.9. The van der Waals surface area contributed by atoms with Crippen LogP contribution in [0.5, 0.6) is 0 Å². The fourth-order valence-electron chi connectivity index (χ4n) is 1.53. The highest BCUT2D eigenvalue weighted by Crippen LogP contribution is 1.99. The summed E-state index contributed by atoms with van der Waals surface area (Å²) in [5.74, 6) is 0. The van der Waals surface area contributed by atoms with E-state index in [4.69, 9.17) is 0 Å². The number of hydrogen-bond donors (Lipinski definition) is 0. The second-order valence-corrected chi connectivity index (χ2v) is 4.53. The van der Waals surface area contributed by atoms with E-state index in [2.05, 4.69) is 6.58 Å². The Hall–Kier alpha value is -1.88. The van der Waals surface area contributed by atoms with Gasteiger partial charge in [-0.15, -0.1) is 6.58 Å². The lowest BCUT2D eigenvalue weighted by Gasteiger charge is -1.99. The Balaban J connectivity index is 2.37. The topological polar surface area (TPSA) is 44.0 Å². The average molecular weight is 248 g/mol. The smallest absolute Gasteiger partial charge is 0.255 e. The zero-order valence-electron chi connectivity index (χ0n) is 9.20. The van der Waals surface area contributed by atoms with Crippen LogP contribution in [0.15, 0.2) is 52.6 Å². The van der Waals surface area contributed by atoms with Crippen LogP contribution >= 0.6 is 11.5 Å². The monoisotopic (exact) mass is 248 g/mol. The maximum atomic E-state index is 11.9. The van der Waals surface area contributed by atoms with Crippen LogP contribution < -0.4 is 10.6 Å². The summed E-state index contributed by atoms with van der Waals surface area (Å²) >= 11 is 0.925. The van der Waals surface area contributed by atoms with Crippen LogP contribution in [-0.4, -0.2) is 8.52 Å². The van der Waals surface area contributed by atoms with Gasteiger partial charge in [0, 0.05) is 11.5 Å². The molecule has 17 heavy (non-hydrogen) atoms. The zero-order valence-corrected chi connectivity index (χ0v) is 10.0. The molecule has 0 bridgehead atoms. The number of aromatic nitrogens is 2. The van der Waals surface area contributed by atoms with Crippen molar-refractivity contribution in [2.45, 2.75) is 13.1 Å². The molecular formula is C12H12N2O2S. The van der Waals surface area contributed by atoms with Crippen LogP contribution in [0.3, 0.4) is 0 Å². The number of benzene rings is 1. The third-order valence-electron chi connectivity index (χ3n) is 2.33. The Morgan fingerprint density at radius 1 is 1.24 bits per heavy atom. The first-order valence-corrected chi connectivity index (χ1v) is 5.95. The summed E-state index contributed by atoms with van der Waals surface area (Å²) in [5, 5.41) is 0. The highest BCUT2D eigenvalue weighted by Gasteiger charge is 2.08. The van der Waals surface area contributed by atoms with Crippen molar-refractivity contribution in [3.8, 4) is 0 Å². The molecule has 0 amide bonds. The summed E-state index contributed by atoms with van der Waals surface area (Å²) in [7, 11) is 0. The number of nitrogens with zero attached hydrogens (tertiary/aromatic N) is 2. The van der Waals surface area contributed by atoms with Gasteiger partial charge in [0.25, 0.3) is 0 Å². The SMILES string of the molecule is C=CCn1sc(=O)n(Cc2ccccc2)c1=O. The summed E-state index contributed by atoms with van der Waals surface area (Å²) in [6.07, 6.45) is 1.60. The summed E-state index contributed by atoms with van der Waals surface area (Å²) in [4.78, 5) is 23.3. The Labute approximate surface area is 102 Å². The van der Waals surface area contributed by atoms with Gasteiger partial charge in [-0.3, -0.25) is 4.79 Å². The molecule has 0 aliphatic carbocycles. The molecule has 0 spiro atoms. The van der Waals surface area contributed by atoms with Crippen molar-refractivity contribution in [3.63, 3.8) is 0 Å². The Morgan fingerprint density at radius 3 is 2.59 bits per heavy atom. The summed E-state index contributed by atoms with van der Waals surface area (Å²) in [6.45, 7) is 4.25. The maximum Gasteiger partial charge on any atom is 0.341 e. The highest BCUT2D eigenvalue weighted by molar-refractivity contribution is 7.03. The molecule has 5 heteroatoms. The molecule has 0 aliphatic heterocycles. The van der Waals surface area contributed by atoms with E-state index in [9.17, 15) is 9.59 Å². The normalized spacial score (nSPS) is 10.4.